The zero-order valence-corrected chi connectivity index (χ0v) is 15.6. The van der Waals surface area contributed by atoms with Crippen LogP contribution in [0.25, 0.3) is 0 Å². The van der Waals surface area contributed by atoms with Crippen LogP contribution < -0.4 is 10.0 Å². The number of sulfonamides is 1. The molecule has 1 aromatic heterocycles. The summed E-state index contributed by atoms with van der Waals surface area (Å²) in [7, 11) is -3.63. The van der Waals surface area contributed by atoms with Gasteiger partial charge in [-0.3, -0.25) is 4.72 Å². The Morgan fingerprint density at radius 1 is 1.00 bits per heavy atom. The van der Waals surface area contributed by atoms with Crippen LogP contribution >= 0.6 is 0 Å². The molecule has 1 aliphatic rings. The molecule has 0 saturated heterocycles. The Kier molecular flexibility index (Phi) is 5.27. The molecule has 0 unspecified atom stereocenters. The Morgan fingerprint density at radius 3 is 2.40 bits per heavy atom. The lowest BCUT2D eigenvalue weighted by Crippen LogP contribution is -2.22. The molecule has 0 amide bonds. The van der Waals surface area contributed by atoms with E-state index in [4.69, 9.17) is 0 Å². The third-order valence-electron chi connectivity index (χ3n) is 4.77. The van der Waals surface area contributed by atoms with Gasteiger partial charge in [-0.25, -0.2) is 13.4 Å². The molecule has 0 bridgehead atoms. The standard InChI is InChI=1S/C19H25N3O2S/c1-14-8-10-18(12-15(14)2)25(23,24)22-19-11-9-17(13-20-19)21-16-6-4-3-5-7-16/h8-13,16,21H,3-7H2,1-2H3,(H,20,22). The van der Waals surface area contributed by atoms with Crippen LogP contribution in [0.1, 0.15) is 43.2 Å². The molecule has 0 spiro atoms. The Balaban J connectivity index is 1.68. The normalized spacial score (nSPS) is 15.8. The largest absolute Gasteiger partial charge is 0.381 e. The number of pyridine rings is 1. The SMILES string of the molecule is Cc1ccc(S(=O)(=O)Nc2ccc(NC3CCCCC3)cn2)cc1C. The number of aryl methyl sites for hydroxylation is 2. The van der Waals surface area contributed by atoms with Crippen LogP contribution in [0, 0.1) is 13.8 Å². The molecule has 2 aromatic rings. The number of rotatable bonds is 5. The second-order valence-electron chi connectivity index (χ2n) is 6.76. The maximum absolute atomic E-state index is 12.5. The third kappa shape index (κ3) is 4.51. The van der Waals surface area contributed by atoms with Crippen molar-refractivity contribution in [3.63, 3.8) is 0 Å². The molecule has 134 valence electrons. The first kappa shape index (κ1) is 17.7. The molecule has 1 saturated carbocycles. The lowest BCUT2D eigenvalue weighted by Gasteiger charge is -2.23. The van der Waals surface area contributed by atoms with Gasteiger partial charge in [0.05, 0.1) is 16.8 Å². The lowest BCUT2D eigenvalue weighted by atomic mass is 9.95. The molecule has 0 radical (unpaired) electrons. The Bertz CT molecular complexity index is 826. The van der Waals surface area contributed by atoms with E-state index in [1.807, 2.05) is 26.0 Å². The van der Waals surface area contributed by atoms with Crippen molar-refractivity contribution in [1.82, 2.24) is 4.98 Å². The molecule has 3 rings (SSSR count). The van der Waals surface area contributed by atoms with E-state index in [1.54, 1.807) is 24.4 Å². The Morgan fingerprint density at radius 2 is 1.76 bits per heavy atom. The van der Waals surface area contributed by atoms with Crippen LogP contribution in [0.2, 0.25) is 0 Å². The second-order valence-corrected chi connectivity index (χ2v) is 8.45. The van der Waals surface area contributed by atoms with Crippen LogP contribution in [0.15, 0.2) is 41.4 Å². The summed E-state index contributed by atoms with van der Waals surface area (Å²) in [6, 6.07) is 9.17. The summed E-state index contributed by atoms with van der Waals surface area (Å²) in [5.41, 5.74) is 2.94. The van der Waals surface area contributed by atoms with E-state index in [1.165, 1.54) is 32.1 Å². The van der Waals surface area contributed by atoms with Gasteiger partial charge in [0.2, 0.25) is 0 Å². The molecule has 25 heavy (non-hydrogen) atoms. The quantitative estimate of drug-likeness (QED) is 0.837. The molecule has 0 atom stereocenters. The Labute approximate surface area is 149 Å². The minimum atomic E-state index is -3.63. The van der Waals surface area contributed by atoms with Gasteiger partial charge in [0.25, 0.3) is 10.0 Å². The highest BCUT2D eigenvalue weighted by atomic mass is 32.2. The van der Waals surface area contributed by atoms with E-state index in [0.29, 0.717) is 11.9 Å². The summed E-state index contributed by atoms with van der Waals surface area (Å²) in [4.78, 5) is 4.49. The van der Waals surface area contributed by atoms with Gasteiger partial charge in [0.1, 0.15) is 5.82 Å². The van der Waals surface area contributed by atoms with E-state index in [2.05, 4.69) is 15.0 Å². The van der Waals surface area contributed by atoms with Gasteiger partial charge in [-0.1, -0.05) is 25.3 Å². The van der Waals surface area contributed by atoms with Gasteiger partial charge in [0, 0.05) is 6.04 Å². The minimum absolute atomic E-state index is 0.252. The summed E-state index contributed by atoms with van der Waals surface area (Å²) >= 11 is 0. The molecule has 2 N–H and O–H groups in total. The van der Waals surface area contributed by atoms with Crippen LogP contribution in [-0.2, 0) is 10.0 Å². The van der Waals surface area contributed by atoms with E-state index in [-0.39, 0.29) is 4.90 Å². The van der Waals surface area contributed by atoms with E-state index in [9.17, 15) is 8.42 Å². The lowest BCUT2D eigenvalue weighted by molar-refractivity contribution is 0.462. The van der Waals surface area contributed by atoms with Gasteiger partial charge < -0.3 is 5.32 Å². The topological polar surface area (TPSA) is 71.1 Å². The van der Waals surface area contributed by atoms with Crippen molar-refractivity contribution in [1.29, 1.82) is 0 Å². The summed E-state index contributed by atoms with van der Waals surface area (Å²) in [5, 5.41) is 3.48. The number of nitrogens with one attached hydrogen (secondary N) is 2. The van der Waals surface area contributed by atoms with Gasteiger partial charge in [-0.2, -0.15) is 0 Å². The number of hydrogen-bond donors (Lipinski definition) is 2. The maximum atomic E-state index is 12.5. The first-order valence-electron chi connectivity index (χ1n) is 8.77. The van der Waals surface area contributed by atoms with Crippen molar-refractivity contribution in [2.24, 2.45) is 0 Å². The minimum Gasteiger partial charge on any atom is -0.381 e. The van der Waals surface area contributed by atoms with E-state index < -0.39 is 10.0 Å². The van der Waals surface area contributed by atoms with E-state index in [0.717, 1.165) is 16.8 Å². The van der Waals surface area contributed by atoms with E-state index >= 15 is 0 Å². The predicted octanol–water partition coefficient (Wildman–Crippen LogP) is 4.24. The van der Waals surface area contributed by atoms with Gasteiger partial charge in [0.15, 0.2) is 0 Å². The van der Waals surface area contributed by atoms with Gasteiger partial charge in [-0.05, 0) is 62.1 Å². The van der Waals surface area contributed by atoms with Crippen LogP contribution in [0.5, 0.6) is 0 Å². The second kappa shape index (κ2) is 7.44. The zero-order chi connectivity index (χ0) is 17.9. The molecule has 1 heterocycles. The molecule has 0 aliphatic heterocycles. The summed E-state index contributed by atoms with van der Waals surface area (Å²) < 4.78 is 27.5. The van der Waals surface area contributed by atoms with Gasteiger partial charge >= 0.3 is 0 Å². The fourth-order valence-electron chi connectivity index (χ4n) is 3.10. The number of hydrogen-bond acceptors (Lipinski definition) is 4. The molecule has 1 fully saturated rings. The number of benzene rings is 1. The summed E-state index contributed by atoms with van der Waals surface area (Å²) in [6.45, 7) is 3.86. The highest BCUT2D eigenvalue weighted by molar-refractivity contribution is 7.92. The summed E-state index contributed by atoms with van der Waals surface area (Å²) in [5.74, 6) is 0.326. The monoisotopic (exact) mass is 359 g/mol. The smallest absolute Gasteiger partial charge is 0.263 e. The van der Waals surface area contributed by atoms with Crippen molar-refractivity contribution in [3.05, 3.63) is 47.7 Å². The fraction of sp³-hybridized carbons (Fsp3) is 0.421. The first-order valence-corrected chi connectivity index (χ1v) is 10.2. The number of anilines is 2. The van der Waals surface area contributed by atoms with Crippen LogP contribution in [-0.4, -0.2) is 19.4 Å². The average Bonchev–Trinajstić information content (AvgIpc) is 2.60. The third-order valence-corrected chi connectivity index (χ3v) is 6.12. The zero-order valence-electron chi connectivity index (χ0n) is 14.7. The molecule has 1 aliphatic carbocycles. The van der Waals surface area contributed by atoms with Crippen LogP contribution in [0.4, 0.5) is 11.5 Å². The number of nitrogens with zero attached hydrogens (tertiary/aromatic N) is 1. The molecule has 1 aromatic carbocycles. The molecular weight excluding hydrogens is 334 g/mol. The molecule has 6 heteroatoms. The fourth-order valence-corrected chi connectivity index (χ4v) is 4.19. The van der Waals surface area contributed by atoms with Crippen LogP contribution in [0.3, 0.4) is 0 Å². The predicted molar refractivity (Wildman–Crippen MR) is 101 cm³/mol. The van der Waals surface area contributed by atoms with Crippen molar-refractivity contribution in [3.8, 4) is 0 Å². The van der Waals surface area contributed by atoms with Crippen molar-refractivity contribution < 1.29 is 8.42 Å². The molecular formula is C19H25N3O2S. The van der Waals surface area contributed by atoms with Gasteiger partial charge in [-0.15, -0.1) is 0 Å². The average molecular weight is 359 g/mol. The highest BCUT2D eigenvalue weighted by Gasteiger charge is 2.16. The number of aromatic nitrogens is 1. The van der Waals surface area contributed by atoms with Crippen molar-refractivity contribution in [2.75, 3.05) is 10.0 Å². The van der Waals surface area contributed by atoms with Crippen molar-refractivity contribution >= 4 is 21.5 Å². The van der Waals surface area contributed by atoms with Crippen molar-refractivity contribution in [2.45, 2.75) is 56.9 Å². The first-order chi connectivity index (χ1) is 11.9. The highest BCUT2D eigenvalue weighted by Crippen LogP contribution is 2.22. The summed E-state index contributed by atoms with van der Waals surface area (Å²) in [6.07, 6.45) is 7.89. The molecule has 5 nitrogen and oxygen atoms in total. The maximum Gasteiger partial charge on any atom is 0.263 e. The Hall–Kier alpha value is -2.08.